The van der Waals surface area contributed by atoms with E-state index in [9.17, 15) is 0 Å². The molecule has 1 rings (SSSR count). The number of thioether (sulfide) groups is 1. The average molecular weight is 167 g/mol. The van der Waals surface area contributed by atoms with E-state index >= 15 is 0 Å². The topological polar surface area (TPSA) is 12.9 Å². The summed E-state index contributed by atoms with van der Waals surface area (Å²) in [4.78, 5) is 4.30. The zero-order chi connectivity index (χ0) is 8.10. The summed E-state index contributed by atoms with van der Waals surface area (Å²) >= 11 is 1.83. The molecule has 2 heteroatoms. The molecule has 0 aliphatic heterocycles. The molecular weight excluding hydrogens is 154 g/mol. The third-order valence-corrected chi connectivity index (χ3v) is 2.18. The zero-order valence-corrected chi connectivity index (χ0v) is 7.82. The standard InChI is InChI=1S/C9H13NS/c1-3-9-5-4-8(6-10-9)7-11-2/h4-6H,3,7H2,1-2H3. The Balaban J connectivity index is 2.66. The Bertz CT molecular complexity index is 205. The Morgan fingerprint density at radius 1 is 1.45 bits per heavy atom. The van der Waals surface area contributed by atoms with Gasteiger partial charge in [-0.05, 0) is 24.3 Å². The van der Waals surface area contributed by atoms with Gasteiger partial charge in [-0.25, -0.2) is 0 Å². The number of nitrogens with zero attached hydrogens (tertiary/aromatic N) is 1. The number of aryl methyl sites for hydroxylation is 1. The SMILES string of the molecule is CCc1ccc(CSC)cn1. The van der Waals surface area contributed by atoms with E-state index in [4.69, 9.17) is 0 Å². The fraction of sp³-hybridized carbons (Fsp3) is 0.444. The predicted molar refractivity (Wildman–Crippen MR) is 50.8 cm³/mol. The van der Waals surface area contributed by atoms with Gasteiger partial charge >= 0.3 is 0 Å². The van der Waals surface area contributed by atoms with Gasteiger partial charge in [-0.1, -0.05) is 13.0 Å². The van der Waals surface area contributed by atoms with E-state index in [2.05, 4.69) is 30.3 Å². The summed E-state index contributed by atoms with van der Waals surface area (Å²) in [5.41, 5.74) is 2.49. The summed E-state index contributed by atoms with van der Waals surface area (Å²) in [5, 5.41) is 0. The lowest BCUT2D eigenvalue weighted by Gasteiger charge is -1.98. The van der Waals surface area contributed by atoms with Crippen molar-refractivity contribution in [3.05, 3.63) is 29.6 Å². The molecule has 0 aliphatic rings. The van der Waals surface area contributed by atoms with Gasteiger partial charge in [-0.2, -0.15) is 11.8 Å². The van der Waals surface area contributed by atoms with Crippen molar-refractivity contribution in [2.45, 2.75) is 19.1 Å². The molecule has 0 saturated carbocycles. The largest absolute Gasteiger partial charge is 0.261 e. The van der Waals surface area contributed by atoms with Crippen LogP contribution in [-0.4, -0.2) is 11.2 Å². The van der Waals surface area contributed by atoms with Crippen LogP contribution in [0.25, 0.3) is 0 Å². The molecule has 0 fully saturated rings. The van der Waals surface area contributed by atoms with Crippen molar-refractivity contribution in [3.8, 4) is 0 Å². The lowest BCUT2D eigenvalue weighted by atomic mass is 10.2. The first-order valence-electron chi connectivity index (χ1n) is 3.79. The Kier molecular flexibility index (Phi) is 3.43. The van der Waals surface area contributed by atoms with Gasteiger partial charge in [-0.3, -0.25) is 4.98 Å². The summed E-state index contributed by atoms with van der Waals surface area (Å²) in [6.07, 6.45) is 5.10. The molecule has 0 bridgehead atoms. The van der Waals surface area contributed by atoms with Crippen molar-refractivity contribution in [1.82, 2.24) is 4.98 Å². The van der Waals surface area contributed by atoms with Gasteiger partial charge in [0.2, 0.25) is 0 Å². The van der Waals surface area contributed by atoms with Crippen LogP contribution in [0.5, 0.6) is 0 Å². The van der Waals surface area contributed by atoms with Gasteiger partial charge in [0.25, 0.3) is 0 Å². The van der Waals surface area contributed by atoms with Crippen molar-refractivity contribution in [1.29, 1.82) is 0 Å². The molecule has 0 atom stereocenters. The summed E-state index contributed by atoms with van der Waals surface area (Å²) in [5.74, 6) is 1.07. The van der Waals surface area contributed by atoms with Crippen LogP contribution in [0.15, 0.2) is 18.3 Å². The van der Waals surface area contributed by atoms with E-state index in [-0.39, 0.29) is 0 Å². The monoisotopic (exact) mass is 167 g/mol. The molecule has 0 saturated heterocycles. The van der Waals surface area contributed by atoms with E-state index < -0.39 is 0 Å². The van der Waals surface area contributed by atoms with E-state index in [1.807, 2.05) is 18.0 Å². The van der Waals surface area contributed by atoms with Crippen molar-refractivity contribution in [2.75, 3.05) is 6.26 Å². The van der Waals surface area contributed by atoms with Crippen molar-refractivity contribution in [3.63, 3.8) is 0 Å². The number of rotatable bonds is 3. The Hall–Kier alpha value is -0.500. The van der Waals surface area contributed by atoms with E-state index in [1.165, 1.54) is 11.3 Å². The third kappa shape index (κ3) is 2.54. The molecule has 1 aromatic rings. The highest BCUT2D eigenvalue weighted by molar-refractivity contribution is 7.97. The molecule has 1 aromatic heterocycles. The van der Waals surface area contributed by atoms with Gasteiger partial charge in [0, 0.05) is 17.6 Å². The summed E-state index contributed by atoms with van der Waals surface area (Å²) < 4.78 is 0. The fourth-order valence-corrected chi connectivity index (χ4v) is 1.42. The van der Waals surface area contributed by atoms with Gasteiger partial charge < -0.3 is 0 Å². The average Bonchev–Trinajstić information content (AvgIpc) is 2.07. The fourth-order valence-electron chi connectivity index (χ4n) is 0.916. The minimum absolute atomic E-state index is 1.03. The van der Waals surface area contributed by atoms with E-state index in [1.54, 1.807) is 0 Å². The zero-order valence-electron chi connectivity index (χ0n) is 7.00. The van der Waals surface area contributed by atoms with Gasteiger partial charge in [0.15, 0.2) is 0 Å². The van der Waals surface area contributed by atoms with Crippen molar-refractivity contribution >= 4 is 11.8 Å². The molecule has 60 valence electrons. The molecule has 0 aromatic carbocycles. The first kappa shape index (κ1) is 8.60. The number of hydrogen-bond acceptors (Lipinski definition) is 2. The molecule has 0 N–H and O–H groups in total. The summed E-state index contributed by atoms with van der Waals surface area (Å²) in [6, 6.07) is 4.26. The molecule has 0 aliphatic carbocycles. The molecular formula is C9H13NS. The van der Waals surface area contributed by atoms with Gasteiger partial charge in [-0.15, -0.1) is 0 Å². The van der Waals surface area contributed by atoms with E-state index in [0.717, 1.165) is 12.2 Å². The van der Waals surface area contributed by atoms with Gasteiger partial charge in [0.1, 0.15) is 0 Å². The van der Waals surface area contributed by atoms with Crippen LogP contribution in [0, 0.1) is 0 Å². The van der Waals surface area contributed by atoms with Crippen LogP contribution < -0.4 is 0 Å². The van der Waals surface area contributed by atoms with Crippen molar-refractivity contribution < 1.29 is 0 Å². The first-order valence-corrected chi connectivity index (χ1v) is 5.19. The maximum Gasteiger partial charge on any atom is 0.0401 e. The molecule has 1 heterocycles. The highest BCUT2D eigenvalue weighted by atomic mass is 32.2. The quantitative estimate of drug-likeness (QED) is 0.686. The minimum atomic E-state index is 1.03. The smallest absolute Gasteiger partial charge is 0.0401 e. The lowest BCUT2D eigenvalue weighted by molar-refractivity contribution is 1.02. The molecule has 0 amide bonds. The second-order valence-corrected chi connectivity index (χ2v) is 3.31. The molecule has 1 nitrogen and oxygen atoms in total. The van der Waals surface area contributed by atoms with Crippen LogP contribution >= 0.6 is 11.8 Å². The lowest BCUT2D eigenvalue weighted by Crippen LogP contribution is -1.87. The Labute approximate surface area is 72.2 Å². The van der Waals surface area contributed by atoms with Gasteiger partial charge in [0.05, 0.1) is 0 Å². The molecule has 11 heavy (non-hydrogen) atoms. The van der Waals surface area contributed by atoms with Crippen LogP contribution in [-0.2, 0) is 12.2 Å². The van der Waals surface area contributed by atoms with Crippen LogP contribution in [0.4, 0.5) is 0 Å². The molecule has 0 spiro atoms. The Morgan fingerprint density at radius 3 is 2.73 bits per heavy atom. The third-order valence-electron chi connectivity index (χ3n) is 1.56. The predicted octanol–water partition coefficient (Wildman–Crippen LogP) is 2.51. The van der Waals surface area contributed by atoms with E-state index in [0.29, 0.717) is 0 Å². The maximum atomic E-state index is 4.30. The summed E-state index contributed by atoms with van der Waals surface area (Å²) in [6.45, 7) is 2.12. The van der Waals surface area contributed by atoms with Crippen LogP contribution in [0.3, 0.4) is 0 Å². The molecule has 0 unspecified atom stereocenters. The molecule has 0 radical (unpaired) electrons. The highest BCUT2D eigenvalue weighted by Crippen LogP contribution is 2.07. The first-order chi connectivity index (χ1) is 5.36. The minimum Gasteiger partial charge on any atom is -0.261 e. The van der Waals surface area contributed by atoms with Crippen molar-refractivity contribution in [2.24, 2.45) is 0 Å². The second kappa shape index (κ2) is 4.39. The number of hydrogen-bond donors (Lipinski definition) is 0. The maximum absolute atomic E-state index is 4.30. The van der Waals surface area contributed by atoms with Crippen LogP contribution in [0.2, 0.25) is 0 Å². The second-order valence-electron chi connectivity index (χ2n) is 2.44. The normalized spacial score (nSPS) is 10.0. The van der Waals surface area contributed by atoms with Crippen LogP contribution in [0.1, 0.15) is 18.2 Å². The highest BCUT2D eigenvalue weighted by Gasteiger charge is 1.92. The Morgan fingerprint density at radius 2 is 2.27 bits per heavy atom. The summed E-state index contributed by atoms with van der Waals surface area (Å²) in [7, 11) is 0. The number of aromatic nitrogens is 1. The number of pyridine rings is 1.